The predicted octanol–water partition coefficient (Wildman–Crippen LogP) is 5.96. The molecular formula is C26H27N3O4S3. The van der Waals surface area contributed by atoms with E-state index in [2.05, 4.69) is 16.0 Å². The molecule has 0 fully saturated rings. The molecule has 0 spiro atoms. The zero-order chi connectivity index (χ0) is 25.5. The van der Waals surface area contributed by atoms with Crippen LogP contribution >= 0.6 is 35.3 Å². The van der Waals surface area contributed by atoms with E-state index in [1.807, 2.05) is 48.5 Å². The maximum Gasteiger partial charge on any atom is 0.341 e. The van der Waals surface area contributed by atoms with E-state index in [4.69, 9.17) is 21.7 Å². The van der Waals surface area contributed by atoms with Crippen LogP contribution in [0.3, 0.4) is 0 Å². The van der Waals surface area contributed by atoms with Crippen molar-refractivity contribution in [2.45, 2.75) is 30.6 Å². The second-order valence-electron chi connectivity index (χ2n) is 8.05. The maximum atomic E-state index is 12.8. The monoisotopic (exact) mass is 541 g/mol. The lowest BCUT2D eigenvalue weighted by atomic mass is 9.95. The molecule has 1 aliphatic rings. The van der Waals surface area contributed by atoms with Gasteiger partial charge in [-0.3, -0.25) is 4.79 Å². The summed E-state index contributed by atoms with van der Waals surface area (Å²) in [6.45, 7) is 0. The number of fused-ring (bicyclic) bond motifs is 1. The van der Waals surface area contributed by atoms with Gasteiger partial charge in [-0.05, 0) is 73.8 Å². The van der Waals surface area contributed by atoms with Gasteiger partial charge in [0.25, 0.3) is 0 Å². The van der Waals surface area contributed by atoms with Gasteiger partial charge in [0.1, 0.15) is 10.8 Å². The highest BCUT2D eigenvalue weighted by molar-refractivity contribution is 8.00. The van der Waals surface area contributed by atoms with Crippen molar-refractivity contribution >= 4 is 68.7 Å². The fourth-order valence-corrected chi connectivity index (χ4v) is 6.26. The molecule has 3 N–H and O–H groups in total. The van der Waals surface area contributed by atoms with E-state index in [0.29, 0.717) is 21.4 Å². The lowest BCUT2D eigenvalue weighted by Crippen LogP contribution is -2.19. The van der Waals surface area contributed by atoms with Gasteiger partial charge in [0.05, 0.1) is 31.2 Å². The van der Waals surface area contributed by atoms with Crippen molar-refractivity contribution in [3.63, 3.8) is 0 Å². The van der Waals surface area contributed by atoms with Gasteiger partial charge >= 0.3 is 5.97 Å². The van der Waals surface area contributed by atoms with Gasteiger partial charge in [-0.2, -0.15) is 0 Å². The highest BCUT2D eigenvalue weighted by Crippen LogP contribution is 2.38. The molecule has 3 aromatic rings. The molecule has 1 aliphatic carbocycles. The first kappa shape index (κ1) is 26.0. The Bertz CT molecular complexity index is 1280. The Morgan fingerprint density at radius 2 is 1.83 bits per heavy atom. The molecule has 0 aliphatic heterocycles. The average Bonchev–Trinajstić information content (AvgIpc) is 3.25. The Labute approximate surface area is 224 Å². The van der Waals surface area contributed by atoms with E-state index >= 15 is 0 Å². The molecule has 1 heterocycles. The van der Waals surface area contributed by atoms with Crippen LogP contribution in [0.25, 0.3) is 0 Å². The summed E-state index contributed by atoms with van der Waals surface area (Å²) in [6, 6.07) is 15.2. The van der Waals surface area contributed by atoms with Crippen molar-refractivity contribution in [3.8, 4) is 5.75 Å². The van der Waals surface area contributed by atoms with Crippen molar-refractivity contribution in [2.75, 3.05) is 35.9 Å². The second-order valence-corrected chi connectivity index (χ2v) is 10.6. The molecule has 0 saturated heterocycles. The number of para-hydroxylation sites is 2. The van der Waals surface area contributed by atoms with Gasteiger partial charge in [-0.1, -0.05) is 18.2 Å². The smallest absolute Gasteiger partial charge is 0.341 e. The number of benzene rings is 2. The molecular weight excluding hydrogens is 515 g/mol. The predicted molar refractivity (Wildman–Crippen MR) is 151 cm³/mol. The van der Waals surface area contributed by atoms with Crippen LogP contribution in [0, 0.1) is 0 Å². The Balaban J connectivity index is 1.36. The Hall–Kier alpha value is -3.08. The van der Waals surface area contributed by atoms with Crippen LogP contribution in [0.5, 0.6) is 5.75 Å². The minimum atomic E-state index is -0.395. The number of hydrogen-bond acceptors (Lipinski definition) is 7. The molecule has 7 nitrogen and oxygen atoms in total. The number of thioether (sulfide) groups is 1. The van der Waals surface area contributed by atoms with Gasteiger partial charge in [-0.15, -0.1) is 23.1 Å². The number of ether oxygens (including phenoxy) is 2. The summed E-state index contributed by atoms with van der Waals surface area (Å²) in [7, 11) is 2.98. The minimum Gasteiger partial charge on any atom is -0.495 e. The van der Waals surface area contributed by atoms with Gasteiger partial charge in [0.2, 0.25) is 5.91 Å². The van der Waals surface area contributed by atoms with Gasteiger partial charge in [-0.25, -0.2) is 4.79 Å². The molecule has 1 amide bonds. The number of amides is 1. The van der Waals surface area contributed by atoms with Crippen LogP contribution in [0.4, 0.5) is 16.4 Å². The number of thiophene rings is 1. The summed E-state index contributed by atoms with van der Waals surface area (Å²) in [6.07, 6.45) is 3.91. The molecule has 10 heteroatoms. The molecule has 0 unspecified atom stereocenters. The molecule has 0 bridgehead atoms. The molecule has 2 aromatic carbocycles. The molecule has 0 saturated carbocycles. The van der Waals surface area contributed by atoms with Crippen molar-refractivity contribution in [1.82, 2.24) is 0 Å². The average molecular weight is 542 g/mol. The number of thiocarbonyl (C=S) groups is 1. The highest BCUT2D eigenvalue weighted by atomic mass is 32.2. The third kappa shape index (κ3) is 6.37. The topological polar surface area (TPSA) is 88.7 Å². The zero-order valence-corrected chi connectivity index (χ0v) is 22.5. The first-order valence-corrected chi connectivity index (χ1v) is 13.7. The number of anilines is 3. The molecule has 0 radical (unpaired) electrons. The fraction of sp³-hybridized carbons (Fsp3) is 0.269. The van der Waals surface area contributed by atoms with E-state index < -0.39 is 5.97 Å². The molecule has 0 atom stereocenters. The van der Waals surface area contributed by atoms with E-state index in [9.17, 15) is 9.59 Å². The summed E-state index contributed by atoms with van der Waals surface area (Å²) in [5.41, 5.74) is 3.10. The summed E-state index contributed by atoms with van der Waals surface area (Å²) in [5.74, 6) is 0.333. The van der Waals surface area contributed by atoms with Crippen LogP contribution in [0.15, 0.2) is 53.4 Å². The van der Waals surface area contributed by atoms with E-state index in [1.165, 1.54) is 35.1 Å². The van der Waals surface area contributed by atoms with Gasteiger partial charge < -0.3 is 25.4 Å². The Morgan fingerprint density at radius 3 is 2.64 bits per heavy atom. The number of nitrogens with one attached hydrogen (secondary N) is 3. The van der Waals surface area contributed by atoms with Gasteiger partial charge in [0.15, 0.2) is 5.11 Å². The summed E-state index contributed by atoms with van der Waals surface area (Å²) in [5, 5.41) is 10.2. The SMILES string of the molecule is COC(=O)c1c(NC(=O)CSc2cccc(NC(=S)Nc3ccccc3OC)c2)sc2c1CCCC2. The summed E-state index contributed by atoms with van der Waals surface area (Å²) >= 11 is 8.34. The van der Waals surface area contributed by atoms with Crippen molar-refractivity contribution < 1.29 is 19.1 Å². The molecule has 1 aromatic heterocycles. The fourth-order valence-electron chi connectivity index (χ4n) is 3.98. The van der Waals surface area contributed by atoms with Crippen LogP contribution in [0.2, 0.25) is 0 Å². The number of carbonyl (C=O) groups excluding carboxylic acids is 2. The molecule has 4 rings (SSSR count). The number of methoxy groups -OCH3 is 2. The van der Waals surface area contributed by atoms with Crippen LogP contribution in [-0.4, -0.2) is 37.0 Å². The van der Waals surface area contributed by atoms with Crippen molar-refractivity contribution in [2.24, 2.45) is 0 Å². The van der Waals surface area contributed by atoms with E-state index in [0.717, 1.165) is 47.5 Å². The van der Waals surface area contributed by atoms with Crippen LogP contribution in [-0.2, 0) is 22.4 Å². The number of rotatable bonds is 8. The van der Waals surface area contributed by atoms with Crippen LogP contribution in [0.1, 0.15) is 33.6 Å². The normalized spacial score (nSPS) is 12.3. The second kappa shape index (κ2) is 12.2. The quantitative estimate of drug-likeness (QED) is 0.183. The molecule has 36 heavy (non-hydrogen) atoms. The lowest BCUT2D eigenvalue weighted by molar-refractivity contribution is -0.113. The van der Waals surface area contributed by atoms with E-state index in [-0.39, 0.29) is 11.7 Å². The van der Waals surface area contributed by atoms with Crippen LogP contribution < -0.4 is 20.7 Å². The number of aryl methyl sites for hydroxylation is 1. The third-order valence-electron chi connectivity index (χ3n) is 5.63. The van der Waals surface area contributed by atoms with Crippen molar-refractivity contribution in [3.05, 3.63) is 64.5 Å². The van der Waals surface area contributed by atoms with Gasteiger partial charge in [0, 0.05) is 15.5 Å². The zero-order valence-electron chi connectivity index (χ0n) is 20.0. The maximum absolute atomic E-state index is 12.8. The summed E-state index contributed by atoms with van der Waals surface area (Å²) in [4.78, 5) is 27.2. The Kier molecular flexibility index (Phi) is 8.84. The number of esters is 1. The minimum absolute atomic E-state index is 0.171. The highest BCUT2D eigenvalue weighted by Gasteiger charge is 2.26. The number of hydrogen-bond donors (Lipinski definition) is 3. The van der Waals surface area contributed by atoms with E-state index in [1.54, 1.807) is 7.11 Å². The Morgan fingerprint density at radius 1 is 1.03 bits per heavy atom. The lowest BCUT2D eigenvalue weighted by Gasteiger charge is -2.14. The first-order chi connectivity index (χ1) is 17.5. The van der Waals surface area contributed by atoms with Crippen molar-refractivity contribution in [1.29, 1.82) is 0 Å². The third-order valence-corrected chi connectivity index (χ3v) is 8.04. The standard InChI is InChI=1S/C26H27N3O4S3/c1-32-20-12-5-4-11-19(20)28-26(34)27-16-8-7-9-17(14-16)35-15-22(30)29-24-23(25(31)33-2)18-10-3-6-13-21(18)36-24/h4-5,7-9,11-12,14H,3,6,10,13,15H2,1-2H3,(H,29,30)(H2,27,28,34). The molecule has 188 valence electrons. The summed E-state index contributed by atoms with van der Waals surface area (Å²) < 4.78 is 10.3. The number of carbonyl (C=O) groups is 2. The first-order valence-electron chi connectivity index (χ1n) is 11.4. The largest absolute Gasteiger partial charge is 0.495 e.